The second-order valence-corrected chi connectivity index (χ2v) is 4.27. The van der Waals surface area contributed by atoms with Crippen molar-refractivity contribution in [1.82, 2.24) is 0 Å². The zero-order valence-corrected chi connectivity index (χ0v) is 11.2. The SMILES string of the molecule is O=C(/C(=C\O)N=Nc1ccccc1Cl)c1ccccc1. The fourth-order valence-electron chi connectivity index (χ4n) is 1.51. The van der Waals surface area contributed by atoms with Crippen LogP contribution in [0.25, 0.3) is 0 Å². The van der Waals surface area contributed by atoms with Crippen LogP contribution in [0.5, 0.6) is 0 Å². The smallest absolute Gasteiger partial charge is 0.216 e. The number of Topliss-reactive ketones (excluding diaryl/α,β-unsaturated/α-hetero) is 1. The molecule has 0 aromatic heterocycles. The average molecular weight is 287 g/mol. The molecule has 0 radical (unpaired) electrons. The number of hydrogen-bond donors (Lipinski definition) is 1. The molecule has 5 heteroatoms. The zero-order chi connectivity index (χ0) is 14.4. The van der Waals surface area contributed by atoms with Crippen LogP contribution in [-0.4, -0.2) is 10.9 Å². The Morgan fingerprint density at radius 2 is 1.70 bits per heavy atom. The number of aliphatic hydroxyl groups excluding tert-OH is 1. The predicted octanol–water partition coefficient (Wildman–Crippen LogP) is 4.71. The molecule has 0 saturated heterocycles. The third-order valence-corrected chi connectivity index (χ3v) is 2.83. The Balaban J connectivity index is 2.23. The number of allylic oxidation sites excluding steroid dienone is 1. The number of hydrogen-bond acceptors (Lipinski definition) is 4. The average Bonchev–Trinajstić information content (AvgIpc) is 2.50. The summed E-state index contributed by atoms with van der Waals surface area (Å²) in [7, 11) is 0. The van der Waals surface area contributed by atoms with E-state index in [4.69, 9.17) is 16.7 Å². The van der Waals surface area contributed by atoms with Gasteiger partial charge in [-0.3, -0.25) is 4.79 Å². The number of azo groups is 1. The minimum Gasteiger partial charge on any atom is -0.513 e. The lowest BCUT2D eigenvalue weighted by molar-refractivity contribution is 0.102. The maximum absolute atomic E-state index is 12.1. The highest BCUT2D eigenvalue weighted by molar-refractivity contribution is 6.32. The van der Waals surface area contributed by atoms with E-state index in [1.54, 1.807) is 54.6 Å². The van der Waals surface area contributed by atoms with Gasteiger partial charge in [-0.25, -0.2) is 0 Å². The quantitative estimate of drug-likeness (QED) is 0.383. The highest BCUT2D eigenvalue weighted by atomic mass is 35.5. The molecule has 0 atom stereocenters. The molecular weight excluding hydrogens is 276 g/mol. The van der Waals surface area contributed by atoms with Crippen LogP contribution >= 0.6 is 11.6 Å². The van der Waals surface area contributed by atoms with Gasteiger partial charge in [0.15, 0.2) is 5.70 Å². The summed E-state index contributed by atoms with van der Waals surface area (Å²) in [5.41, 5.74) is 0.691. The van der Waals surface area contributed by atoms with Crippen LogP contribution in [0.4, 0.5) is 5.69 Å². The monoisotopic (exact) mass is 286 g/mol. The van der Waals surface area contributed by atoms with Crippen molar-refractivity contribution in [2.75, 3.05) is 0 Å². The lowest BCUT2D eigenvalue weighted by atomic mass is 10.1. The topological polar surface area (TPSA) is 62.0 Å². The molecule has 0 aliphatic rings. The van der Waals surface area contributed by atoms with Crippen molar-refractivity contribution in [3.05, 3.63) is 77.1 Å². The van der Waals surface area contributed by atoms with E-state index in [1.165, 1.54) is 0 Å². The van der Waals surface area contributed by atoms with Crippen molar-refractivity contribution in [3.8, 4) is 0 Å². The molecule has 0 spiro atoms. The normalized spacial score (nSPS) is 11.8. The van der Waals surface area contributed by atoms with Crippen molar-refractivity contribution in [2.45, 2.75) is 0 Å². The molecule has 2 aromatic rings. The molecule has 100 valence electrons. The number of carbonyl (C=O) groups is 1. The number of benzene rings is 2. The van der Waals surface area contributed by atoms with E-state index >= 15 is 0 Å². The van der Waals surface area contributed by atoms with Crippen molar-refractivity contribution >= 4 is 23.1 Å². The molecule has 2 rings (SSSR count). The van der Waals surface area contributed by atoms with E-state index in [0.29, 0.717) is 22.5 Å². The molecule has 20 heavy (non-hydrogen) atoms. The first kappa shape index (κ1) is 14.0. The third kappa shape index (κ3) is 3.30. The minimum absolute atomic E-state index is 0.156. The van der Waals surface area contributed by atoms with Gasteiger partial charge in [-0.05, 0) is 12.1 Å². The standard InChI is InChI=1S/C15H11ClN2O2/c16-12-8-4-5-9-13(12)17-18-14(10-19)15(20)11-6-2-1-3-7-11/h1-10,19H/b14-10+,18-17?. The Labute approximate surface area is 121 Å². The van der Waals surface area contributed by atoms with Gasteiger partial charge < -0.3 is 5.11 Å². The summed E-state index contributed by atoms with van der Waals surface area (Å²) in [5, 5.41) is 17.2. The van der Waals surface area contributed by atoms with Crippen molar-refractivity contribution < 1.29 is 9.90 Å². The van der Waals surface area contributed by atoms with Crippen LogP contribution in [0.1, 0.15) is 10.4 Å². The van der Waals surface area contributed by atoms with Crippen molar-refractivity contribution in [2.24, 2.45) is 10.2 Å². The third-order valence-electron chi connectivity index (χ3n) is 2.51. The van der Waals surface area contributed by atoms with Gasteiger partial charge >= 0.3 is 0 Å². The van der Waals surface area contributed by atoms with Gasteiger partial charge in [-0.15, -0.1) is 10.2 Å². The van der Waals surface area contributed by atoms with Gasteiger partial charge in [-0.1, -0.05) is 54.1 Å². The largest absolute Gasteiger partial charge is 0.513 e. The number of ketones is 1. The lowest BCUT2D eigenvalue weighted by Crippen LogP contribution is -2.00. The molecule has 4 nitrogen and oxygen atoms in total. The van der Waals surface area contributed by atoms with Gasteiger partial charge in [0.25, 0.3) is 0 Å². The predicted molar refractivity (Wildman–Crippen MR) is 77.5 cm³/mol. The van der Waals surface area contributed by atoms with Crippen molar-refractivity contribution in [3.63, 3.8) is 0 Å². The lowest BCUT2D eigenvalue weighted by Gasteiger charge is -1.99. The first-order valence-electron chi connectivity index (χ1n) is 5.83. The maximum Gasteiger partial charge on any atom is 0.216 e. The van der Waals surface area contributed by atoms with Gasteiger partial charge in [0.05, 0.1) is 5.02 Å². The highest BCUT2D eigenvalue weighted by Crippen LogP contribution is 2.25. The minimum atomic E-state index is -0.413. The Morgan fingerprint density at radius 1 is 1.05 bits per heavy atom. The molecule has 0 bridgehead atoms. The molecule has 0 aliphatic heterocycles. The summed E-state index contributed by atoms with van der Waals surface area (Å²) in [6, 6.07) is 15.4. The summed E-state index contributed by atoms with van der Waals surface area (Å²) in [4.78, 5) is 12.1. The molecule has 0 fully saturated rings. The Kier molecular flexibility index (Phi) is 4.63. The first-order chi connectivity index (χ1) is 9.72. The molecule has 0 unspecified atom stereocenters. The summed E-state index contributed by atoms with van der Waals surface area (Å²) in [6.45, 7) is 0. The van der Waals surface area contributed by atoms with E-state index in [2.05, 4.69) is 10.2 Å². The number of aliphatic hydroxyl groups is 1. The Hall–Kier alpha value is -2.46. The number of carbonyl (C=O) groups excluding carboxylic acids is 1. The number of nitrogens with zero attached hydrogens (tertiary/aromatic N) is 2. The van der Waals surface area contributed by atoms with E-state index in [9.17, 15) is 4.79 Å². The van der Waals surface area contributed by atoms with Crippen LogP contribution in [-0.2, 0) is 0 Å². The molecular formula is C15H11ClN2O2. The van der Waals surface area contributed by atoms with Gasteiger partial charge in [0.1, 0.15) is 11.9 Å². The summed E-state index contributed by atoms with van der Waals surface area (Å²) >= 11 is 5.93. The Morgan fingerprint density at radius 3 is 2.35 bits per heavy atom. The Bertz CT molecular complexity index is 667. The van der Waals surface area contributed by atoms with Crippen LogP contribution in [0.3, 0.4) is 0 Å². The first-order valence-corrected chi connectivity index (χ1v) is 6.20. The van der Waals surface area contributed by atoms with Gasteiger partial charge in [0.2, 0.25) is 5.78 Å². The second-order valence-electron chi connectivity index (χ2n) is 3.86. The van der Waals surface area contributed by atoms with Crippen LogP contribution in [0.2, 0.25) is 5.02 Å². The number of halogens is 1. The van der Waals surface area contributed by atoms with Crippen molar-refractivity contribution in [1.29, 1.82) is 0 Å². The maximum atomic E-state index is 12.1. The molecule has 1 N–H and O–H groups in total. The second kappa shape index (κ2) is 6.63. The molecule has 2 aromatic carbocycles. The molecule has 0 heterocycles. The zero-order valence-electron chi connectivity index (χ0n) is 10.4. The summed E-state index contributed by atoms with van der Waals surface area (Å²) in [6.07, 6.45) is 0.635. The summed E-state index contributed by atoms with van der Waals surface area (Å²) in [5.74, 6) is -0.413. The van der Waals surface area contributed by atoms with Gasteiger partial charge in [-0.2, -0.15) is 0 Å². The fraction of sp³-hybridized carbons (Fsp3) is 0. The van der Waals surface area contributed by atoms with Crippen LogP contribution in [0, 0.1) is 0 Å². The highest BCUT2D eigenvalue weighted by Gasteiger charge is 2.11. The van der Waals surface area contributed by atoms with E-state index in [1.807, 2.05) is 0 Å². The molecule has 0 aliphatic carbocycles. The molecule has 0 saturated carbocycles. The fourth-order valence-corrected chi connectivity index (χ4v) is 1.68. The summed E-state index contributed by atoms with van der Waals surface area (Å²) < 4.78 is 0. The van der Waals surface area contributed by atoms with Gasteiger partial charge in [0, 0.05) is 5.56 Å². The van der Waals surface area contributed by atoms with E-state index < -0.39 is 5.78 Å². The molecule has 0 amide bonds. The van der Waals surface area contributed by atoms with Crippen LogP contribution in [0.15, 0.2) is 76.8 Å². The van der Waals surface area contributed by atoms with E-state index in [-0.39, 0.29) is 5.70 Å². The van der Waals surface area contributed by atoms with E-state index in [0.717, 1.165) is 0 Å². The van der Waals surface area contributed by atoms with Crippen LogP contribution < -0.4 is 0 Å². The number of rotatable bonds is 4.